The molecule has 0 fully saturated rings. The summed E-state index contributed by atoms with van der Waals surface area (Å²) in [5.74, 6) is -2.68. The summed E-state index contributed by atoms with van der Waals surface area (Å²) >= 11 is 0. The van der Waals surface area contributed by atoms with Crippen molar-refractivity contribution in [3.8, 4) is 11.5 Å². The zero-order chi connectivity index (χ0) is 15.1. The largest absolute Gasteiger partial charge is 0.508 e. The van der Waals surface area contributed by atoms with Gasteiger partial charge in [-0.05, 0) is 30.3 Å². The van der Waals surface area contributed by atoms with Gasteiger partial charge in [0.05, 0.1) is 5.56 Å². The minimum Gasteiger partial charge on any atom is -0.508 e. The summed E-state index contributed by atoms with van der Waals surface area (Å²) in [5.41, 5.74) is 0.0301. The molecule has 0 unspecified atom stereocenters. The van der Waals surface area contributed by atoms with E-state index in [-0.39, 0.29) is 17.1 Å². The van der Waals surface area contributed by atoms with E-state index in [2.05, 4.69) is 0 Å². The molecule has 6 nitrogen and oxygen atoms in total. The summed E-state index contributed by atoms with van der Waals surface area (Å²) < 4.78 is 0. The SMILES string of the molecule is O=C(O)c1cc(O)ccc1O.O=C(O)c1ccccc1. The molecule has 0 atom stereocenters. The Balaban J connectivity index is 0.000000204. The Kier molecular flexibility index (Phi) is 5.11. The Hall–Kier alpha value is -3.02. The van der Waals surface area contributed by atoms with Crippen molar-refractivity contribution in [1.82, 2.24) is 0 Å². The van der Waals surface area contributed by atoms with Gasteiger partial charge in [-0.3, -0.25) is 0 Å². The standard InChI is InChI=1S/C7H6O4.C7H6O2/c8-4-1-2-6(9)5(3-4)7(10)11;8-7(9)6-4-2-1-3-5-6/h1-3,8-9H,(H,10,11);1-5H,(H,8,9). The van der Waals surface area contributed by atoms with E-state index in [1.54, 1.807) is 30.3 Å². The van der Waals surface area contributed by atoms with Gasteiger partial charge >= 0.3 is 11.9 Å². The van der Waals surface area contributed by atoms with Crippen LogP contribution in [0.4, 0.5) is 0 Å². The van der Waals surface area contributed by atoms with Crippen LogP contribution in [-0.4, -0.2) is 32.4 Å². The van der Waals surface area contributed by atoms with Crippen LogP contribution >= 0.6 is 0 Å². The smallest absolute Gasteiger partial charge is 0.339 e. The van der Waals surface area contributed by atoms with Crippen LogP contribution in [-0.2, 0) is 0 Å². The van der Waals surface area contributed by atoms with Crippen molar-refractivity contribution >= 4 is 11.9 Å². The average Bonchev–Trinajstić information content (AvgIpc) is 2.43. The molecular weight excluding hydrogens is 264 g/mol. The Morgan fingerprint density at radius 2 is 1.40 bits per heavy atom. The van der Waals surface area contributed by atoms with Crippen LogP contribution in [0.15, 0.2) is 48.5 Å². The number of aromatic carboxylic acids is 2. The highest BCUT2D eigenvalue weighted by Gasteiger charge is 2.08. The molecule has 4 N–H and O–H groups in total. The van der Waals surface area contributed by atoms with E-state index in [4.69, 9.17) is 20.4 Å². The molecule has 0 saturated carbocycles. The minimum atomic E-state index is -1.27. The van der Waals surface area contributed by atoms with Crippen LogP contribution in [0.25, 0.3) is 0 Å². The molecule has 0 aliphatic rings. The van der Waals surface area contributed by atoms with Gasteiger partial charge in [-0.25, -0.2) is 9.59 Å². The first kappa shape index (κ1) is 15.0. The van der Waals surface area contributed by atoms with Crippen molar-refractivity contribution < 1.29 is 30.0 Å². The molecule has 2 rings (SSSR count). The van der Waals surface area contributed by atoms with Gasteiger partial charge in [-0.2, -0.15) is 0 Å². The van der Waals surface area contributed by atoms with E-state index in [1.807, 2.05) is 0 Å². The molecule has 20 heavy (non-hydrogen) atoms. The monoisotopic (exact) mass is 276 g/mol. The van der Waals surface area contributed by atoms with E-state index >= 15 is 0 Å². The molecule has 6 heteroatoms. The number of benzene rings is 2. The van der Waals surface area contributed by atoms with Gasteiger partial charge in [0.1, 0.15) is 17.1 Å². The lowest BCUT2D eigenvalue weighted by molar-refractivity contribution is 0.0684. The third kappa shape index (κ3) is 4.34. The maximum Gasteiger partial charge on any atom is 0.339 e. The molecule has 0 heterocycles. The average molecular weight is 276 g/mol. The fourth-order valence-corrected chi connectivity index (χ4v) is 1.28. The molecule has 0 aromatic heterocycles. The topological polar surface area (TPSA) is 115 Å². The highest BCUT2D eigenvalue weighted by molar-refractivity contribution is 5.91. The summed E-state index contributed by atoms with van der Waals surface area (Å²) in [6.45, 7) is 0. The van der Waals surface area contributed by atoms with Crippen LogP contribution in [0.5, 0.6) is 11.5 Å². The molecule has 0 aliphatic heterocycles. The molecule has 2 aromatic rings. The second-order valence-corrected chi connectivity index (χ2v) is 3.68. The summed E-state index contributed by atoms with van der Waals surface area (Å²) in [7, 11) is 0. The number of phenols is 2. The lowest BCUT2D eigenvalue weighted by atomic mass is 10.2. The van der Waals surface area contributed by atoms with Gasteiger partial charge < -0.3 is 20.4 Å². The number of rotatable bonds is 2. The van der Waals surface area contributed by atoms with Gasteiger partial charge in [-0.15, -0.1) is 0 Å². The normalized spacial score (nSPS) is 9.20. The summed E-state index contributed by atoms with van der Waals surface area (Å²) in [4.78, 5) is 20.5. The molecule has 0 aliphatic carbocycles. The molecule has 0 radical (unpaired) electrons. The van der Waals surface area contributed by atoms with E-state index in [0.29, 0.717) is 5.56 Å². The number of phenolic OH excluding ortho intramolecular Hbond substituents is 1. The molecule has 0 spiro atoms. The van der Waals surface area contributed by atoms with Crippen molar-refractivity contribution in [2.75, 3.05) is 0 Å². The molecule has 0 amide bonds. The Morgan fingerprint density at radius 1 is 0.800 bits per heavy atom. The summed E-state index contributed by atoms with van der Waals surface area (Å²) in [5, 5.41) is 34.5. The second kappa shape index (κ2) is 6.79. The Bertz CT molecular complexity index is 606. The zero-order valence-electron chi connectivity index (χ0n) is 10.2. The maximum absolute atomic E-state index is 10.3. The minimum absolute atomic E-state index is 0.180. The third-order valence-corrected chi connectivity index (χ3v) is 2.23. The van der Waals surface area contributed by atoms with Crippen molar-refractivity contribution in [2.45, 2.75) is 0 Å². The van der Waals surface area contributed by atoms with E-state index in [1.165, 1.54) is 6.07 Å². The van der Waals surface area contributed by atoms with Crippen LogP contribution in [0.3, 0.4) is 0 Å². The molecule has 0 bridgehead atoms. The fourth-order valence-electron chi connectivity index (χ4n) is 1.28. The molecule has 2 aromatic carbocycles. The molecular formula is C14H12O6. The quantitative estimate of drug-likeness (QED) is 0.625. The molecule has 0 saturated heterocycles. The predicted molar refractivity (Wildman–Crippen MR) is 70.1 cm³/mol. The fraction of sp³-hybridized carbons (Fsp3) is 0. The highest BCUT2D eigenvalue weighted by atomic mass is 16.4. The van der Waals surface area contributed by atoms with Crippen LogP contribution in [0.1, 0.15) is 20.7 Å². The van der Waals surface area contributed by atoms with E-state index in [9.17, 15) is 9.59 Å². The third-order valence-electron chi connectivity index (χ3n) is 2.23. The van der Waals surface area contributed by atoms with E-state index < -0.39 is 11.9 Å². The first-order valence-corrected chi connectivity index (χ1v) is 5.45. The van der Waals surface area contributed by atoms with Gasteiger partial charge in [-0.1, -0.05) is 18.2 Å². The zero-order valence-corrected chi connectivity index (χ0v) is 10.2. The van der Waals surface area contributed by atoms with Crippen molar-refractivity contribution in [2.24, 2.45) is 0 Å². The lowest BCUT2D eigenvalue weighted by Gasteiger charge is -1.98. The van der Waals surface area contributed by atoms with Gasteiger partial charge in [0.2, 0.25) is 0 Å². The number of hydrogen-bond acceptors (Lipinski definition) is 4. The van der Waals surface area contributed by atoms with Gasteiger partial charge in [0.15, 0.2) is 0 Å². The number of carbonyl (C=O) groups is 2. The predicted octanol–water partition coefficient (Wildman–Crippen LogP) is 2.18. The van der Waals surface area contributed by atoms with Crippen LogP contribution in [0.2, 0.25) is 0 Å². The highest BCUT2D eigenvalue weighted by Crippen LogP contribution is 2.21. The number of hydrogen-bond donors (Lipinski definition) is 4. The summed E-state index contributed by atoms with van der Waals surface area (Å²) in [6, 6.07) is 11.6. The summed E-state index contributed by atoms with van der Waals surface area (Å²) in [6.07, 6.45) is 0. The number of carboxylic acids is 2. The first-order chi connectivity index (χ1) is 9.41. The second-order valence-electron chi connectivity index (χ2n) is 3.68. The van der Waals surface area contributed by atoms with E-state index in [0.717, 1.165) is 12.1 Å². The van der Waals surface area contributed by atoms with Crippen LogP contribution < -0.4 is 0 Å². The maximum atomic E-state index is 10.3. The number of aromatic hydroxyl groups is 2. The van der Waals surface area contributed by atoms with Crippen LogP contribution in [0, 0.1) is 0 Å². The van der Waals surface area contributed by atoms with Crippen molar-refractivity contribution in [1.29, 1.82) is 0 Å². The first-order valence-electron chi connectivity index (χ1n) is 5.45. The molecule has 104 valence electrons. The van der Waals surface area contributed by atoms with Gasteiger partial charge in [0, 0.05) is 0 Å². The van der Waals surface area contributed by atoms with Crippen molar-refractivity contribution in [3.05, 3.63) is 59.7 Å². The van der Waals surface area contributed by atoms with Gasteiger partial charge in [0.25, 0.3) is 0 Å². The Morgan fingerprint density at radius 3 is 1.80 bits per heavy atom. The Labute approximate surface area is 114 Å². The number of carboxylic acid groups (broad SMARTS) is 2. The lowest BCUT2D eigenvalue weighted by Crippen LogP contribution is -1.95. The van der Waals surface area contributed by atoms with Crippen molar-refractivity contribution in [3.63, 3.8) is 0 Å².